The number of nitrogens with zero attached hydrogens (tertiary/aromatic N) is 5. The van der Waals surface area contributed by atoms with Crippen LogP contribution in [0.1, 0.15) is 67.8 Å². The summed E-state index contributed by atoms with van der Waals surface area (Å²) in [7, 11) is 0. The second-order valence-corrected chi connectivity index (χ2v) is 9.89. The average Bonchev–Trinajstić information content (AvgIpc) is 3.58. The van der Waals surface area contributed by atoms with E-state index in [1.165, 1.54) is 31.0 Å². The highest BCUT2D eigenvalue weighted by molar-refractivity contribution is 7.99. The molecule has 0 bridgehead atoms. The van der Waals surface area contributed by atoms with Crippen LogP contribution in [-0.2, 0) is 4.79 Å². The quantitative estimate of drug-likeness (QED) is 0.413. The predicted molar refractivity (Wildman–Crippen MR) is 129 cm³/mol. The number of hydrogen-bond acceptors (Lipinski definition) is 6. The van der Waals surface area contributed by atoms with Gasteiger partial charge in [0.2, 0.25) is 0 Å². The highest BCUT2D eigenvalue weighted by Crippen LogP contribution is 2.35. The van der Waals surface area contributed by atoms with Gasteiger partial charge < -0.3 is 8.98 Å². The van der Waals surface area contributed by atoms with Crippen LogP contribution in [0, 0.1) is 6.92 Å². The number of benzene rings is 1. The van der Waals surface area contributed by atoms with E-state index in [2.05, 4.69) is 14.8 Å². The molecule has 3 heterocycles. The maximum Gasteiger partial charge on any atom is 0.253 e. The summed E-state index contributed by atoms with van der Waals surface area (Å²) >= 11 is 7.48. The number of aryl methyl sites for hydroxylation is 1. The normalized spacial score (nSPS) is 19.2. The number of carbonyl (C=O) groups is 1. The van der Waals surface area contributed by atoms with Gasteiger partial charge in [-0.1, -0.05) is 54.8 Å². The lowest BCUT2D eigenvalue weighted by atomic mass is 9.95. The molecule has 1 saturated carbocycles. The molecule has 1 aliphatic heterocycles. The summed E-state index contributed by atoms with van der Waals surface area (Å²) < 4.78 is 7.86. The third-order valence-corrected chi connectivity index (χ3v) is 7.49. The lowest BCUT2D eigenvalue weighted by molar-refractivity contribution is -0.130. The van der Waals surface area contributed by atoms with E-state index in [9.17, 15) is 4.79 Å². The molecule has 1 aliphatic carbocycles. The number of thioether (sulfide) groups is 1. The molecule has 33 heavy (non-hydrogen) atoms. The van der Waals surface area contributed by atoms with Gasteiger partial charge in [-0.15, -0.1) is 10.2 Å². The van der Waals surface area contributed by atoms with E-state index >= 15 is 0 Å². The summed E-state index contributed by atoms with van der Waals surface area (Å²) in [5, 5.41) is 16.4. The summed E-state index contributed by atoms with van der Waals surface area (Å²) in [4.78, 5) is 13.3. The lowest BCUT2D eigenvalue weighted by Gasteiger charge is -2.25. The first-order valence-electron chi connectivity index (χ1n) is 11.3. The van der Waals surface area contributed by atoms with Gasteiger partial charge in [0.25, 0.3) is 5.91 Å². The van der Waals surface area contributed by atoms with Gasteiger partial charge in [-0.25, -0.2) is 5.01 Å². The van der Waals surface area contributed by atoms with Gasteiger partial charge in [-0.3, -0.25) is 4.79 Å². The number of aromatic nitrogens is 3. The smallest absolute Gasteiger partial charge is 0.253 e. The maximum absolute atomic E-state index is 13.3. The van der Waals surface area contributed by atoms with Gasteiger partial charge >= 0.3 is 0 Å². The van der Waals surface area contributed by atoms with Crippen molar-refractivity contribution in [3.63, 3.8) is 0 Å². The van der Waals surface area contributed by atoms with Crippen molar-refractivity contribution >= 4 is 35.0 Å². The monoisotopic (exact) mass is 483 g/mol. The Labute approximate surface area is 202 Å². The Hall–Kier alpha value is -2.58. The van der Waals surface area contributed by atoms with Gasteiger partial charge in [0.05, 0.1) is 17.7 Å². The van der Waals surface area contributed by atoms with Crippen LogP contribution < -0.4 is 0 Å². The second-order valence-electron chi connectivity index (χ2n) is 8.51. The molecule has 0 spiro atoms. The van der Waals surface area contributed by atoms with Gasteiger partial charge in [-0.2, -0.15) is 5.10 Å². The van der Waals surface area contributed by atoms with Crippen molar-refractivity contribution in [3.05, 3.63) is 64.8 Å². The van der Waals surface area contributed by atoms with E-state index in [4.69, 9.17) is 21.1 Å². The molecule has 0 saturated heterocycles. The fraction of sp³-hybridized carbons (Fsp3) is 0.417. The molecule has 1 aromatic carbocycles. The Morgan fingerprint density at radius 2 is 1.94 bits per heavy atom. The van der Waals surface area contributed by atoms with Gasteiger partial charge in [0, 0.05) is 17.5 Å². The summed E-state index contributed by atoms with van der Waals surface area (Å²) in [5.41, 5.74) is 1.79. The van der Waals surface area contributed by atoms with Crippen molar-refractivity contribution in [1.29, 1.82) is 0 Å². The largest absolute Gasteiger partial charge is 0.467 e. The van der Waals surface area contributed by atoms with Crippen molar-refractivity contribution in [2.24, 2.45) is 5.10 Å². The first-order chi connectivity index (χ1) is 16.1. The van der Waals surface area contributed by atoms with Crippen LogP contribution in [0.2, 0.25) is 5.02 Å². The number of hydrazone groups is 1. The maximum atomic E-state index is 13.3. The molecular formula is C24H26ClN5O2S. The number of hydrogen-bond donors (Lipinski definition) is 0. The van der Waals surface area contributed by atoms with Crippen molar-refractivity contribution in [2.45, 2.75) is 62.7 Å². The first-order valence-corrected chi connectivity index (χ1v) is 12.7. The molecule has 2 aliphatic rings. The minimum atomic E-state index is -0.267. The molecule has 172 valence electrons. The molecule has 0 radical (unpaired) electrons. The summed E-state index contributed by atoms with van der Waals surface area (Å²) in [6, 6.07) is 11.4. The van der Waals surface area contributed by atoms with Crippen LogP contribution in [-0.4, -0.2) is 37.1 Å². The number of rotatable bonds is 6. The lowest BCUT2D eigenvalue weighted by Crippen LogP contribution is -2.28. The molecule has 9 heteroatoms. The summed E-state index contributed by atoms with van der Waals surface area (Å²) in [6.07, 6.45) is 8.24. The Kier molecular flexibility index (Phi) is 6.55. The topological polar surface area (TPSA) is 76.5 Å². The van der Waals surface area contributed by atoms with Crippen molar-refractivity contribution in [3.8, 4) is 0 Å². The van der Waals surface area contributed by atoms with Crippen LogP contribution in [0.5, 0.6) is 0 Å². The van der Waals surface area contributed by atoms with E-state index < -0.39 is 0 Å². The Bertz CT molecular complexity index is 1140. The highest BCUT2D eigenvalue weighted by atomic mass is 35.5. The van der Waals surface area contributed by atoms with Crippen LogP contribution in [0.3, 0.4) is 0 Å². The van der Waals surface area contributed by atoms with E-state index in [1.807, 2.05) is 43.3 Å². The second kappa shape index (κ2) is 9.73. The first kappa shape index (κ1) is 22.2. The molecule has 5 rings (SSSR count). The van der Waals surface area contributed by atoms with E-state index in [-0.39, 0.29) is 17.7 Å². The summed E-state index contributed by atoms with van der Waals surface area (Å²) in [6.45, 7) is 1.99. The number of carbonyl (C=O) groups excluding carboxylic acids is 1. The molecule has 1 unspecified atom stereocenters. The van der Waals surface area contributed by atoms with Crippen LogP contribution in [0.4, 0.5) is 0 Å². The Morgan fingerprint density at radius 3 is 2.67 bits per heavy atom. The zero-order valence-electron chi connectivity index (χ0n) is 18.5. The molecule has 2 aromatic heterocycles. The van der Waals surface area contributed by atoms with Gasteiger partial charge in [0.1, 0.15) is 17.6 Å². The Balaban J connectivity index is 1.34. The molecule has 1 fully saturated rings. The average molecular weight is 484 g/mol. The fourth-order valence-electron chi connectivity index (χ4n) is 4.66. The van der Waals surface area contributed by atoms with Gasteiger partial charge in [0.15, 0.2) is 5.16 Å². The van der Waals surface area contributed by atoms with Crippen LogP contribution >= 0.6 is 23.4 Å². The zero-order chi connectivity index (χ0) is 22.8. The standard InChI is InChI=1S/C24H26ClN5O2S/c1-16-26-27-24(29(16)19-6-3-2-4-7-19)33-15-23(31)30-21(22-8-5-13-32-22)14-20(28-30)17-9-11-18(25)12-10-17/h5,8-13,19,21H,2-4,6-7,14-15H2,1H3. The molecular weight excluding hydrogens is 458 g/mol. The third kappa shape index (κ3) is 4.73. The zero-order valence-corrected chi connectivity index (χ0v) is 20.1. The highest BCUT2D eigenvalue weighted by Gasteiger charge is 2.35. The van der Waals surface area contributed by atoms with E-state index in [0.717, 1.165) is 40.9 Å². The van der Waals surface area contributed by atoms with Crippen molar-refractivity contribution in [1.82, 2.24) is 19.8 Å². The van der Waals surface area contributed by atoms with E-state index in [0.29, 0.717) is 17.5 Å². The van der Waals surface area contributed by atoms with Crippen molar-refractivity contribution < 1.29 is 9.21 Å². The molecule has 1 atom stereocenters. The van der Waals surface area contributed by atoms with Crippen molar-refractivity contribution in [2.75, 3.05) is 5.75 Å². The minimum absolute atomic E-state index is 0.0822. The van der Waals surface area contributed by atoms with E-state index in [1.54, 1.807) is 11.3 Å². The summed E-state index contributed by atoms with van der Waals surface area (Å²) in [5.74, 6) is 1.79. The molecule has 7 nitrogen and oxygen atoms in total. The molecule has 0 N–H and O–H groups in total. The predicted octanol–water partition coefficient (Wildman–Crippen LogP) is 5.81. The Morgan fingerprint density at radius 1 is 1.15 bits per heavy atom. The minimum Gasteiger partial charge on any atom is -0.467 e. The SMILES string of the molecule is Cc1nnc(SCC(=O)N2N=C(c3ccc(Cl)cc3)CC2c2ccco2)n1C1CCCCC1. The van der Waals surface area contributed by atoms with Crippen LogP contribution in [0.15, 0.2) is 57.3 Å². The molecule has 1 amide bonds. The van der Waals surface area contributed by atoms with Gasteiger partial charge in [-0.05, 0) is 49.6 Å². The third-order valence-electron chi connectivity index (χ3n) is 6.31. The number of amides is 1. The number of furan rings is 1. The fourth-order valence-corrected chi connectivity index (χ4v) is 5.69. The van der Waals surface area contributed by atoms with Crippen LogP contribution in [0.25, 0.3) is 0 Å². The molecule has 3 aromatic rings. The number of halogens is 1.